The van der Waals surface area contributed by atoms with Crippen molar-refractivity contribution in [3.63, 3.8) is 0 Å². The second-order valence-corrected chi connectivity index (χ2v) is 7.46. The zero-order valence-corrected chi connectivity index (χ0v) is 16.8. The van der Waals surface area contributed by atoms with Crippen molar-refractivity contribution < 1.29 is 28.6 Å². The number of fused-ring (bicyclic) bond motifs is 1. The lowest BCUT2D eigenvalue weighted by molar-refractivity contribution is -0.136. The van der Waals surface area contributed by atoms with Crippen LogP contribution in [-0.2, 0) is 20.9 Å². The van der Waals surface area contributed by atoms with Crippen LogP contribution in [0.3, 0.4) is 0 Å². The summed E-state index contributed by atoms with van der Waals surface area (Å²) >= 11 is 1.26. The van der Waals surface area contributed by atoms with E-state index >= 15 is 0 Å². The van der Waals surface area contributed by atoms with Gasteiger partial charge in [-0.25, -0.2) is 4.79 Å². The number of thiophene rings is 1. The maximum Gasteiger partial charge on any atom is 0.331 e. The number of esters is 1. The largest absolute Gasteiger partial charge is 0.490 e. The van der Waals surface area contributed by atoms with Gasteiger partial charge in [0.05, 0.1) is 24.6 Å². The molecule has 0 saturated heterocycles. The van der Waals surface area contributed by atoms with Crippen molar-refractivity contribution in [3.8, 4) is 11.5 Å². The van der Waals surface area contributed by atoms with E-state index in [-0.39, 0.29) is 18.3 Å². The minimum Gasteiger partial charge on any atom is -0.490 e. The average Bonchev–Trinajstić information content (AvgIpc) is 3.06. The van der Waals surface area contributed by atoms with E-state index in [1.54, 1.807) is 30.3 Å². The van der Waals surface area contributed by atoms with Crippen LogP contribution in [0.1, 0.15) is 33.5 Å². The number of carbonyl (C=O) groups excluding carboxylic acids is 3. The van der Waals surface area contributed by atoms with Crippen LogP contribution in [0, 0.1) is 0 Å². The molecule has 0 atom stereocenters. The Kier molecular flexibility index (Phi) is 7.02. The van der Waals surface area contributed by atoms with Crippen molar-refractivity contribution in [3.05, 3.63) is 51.7 Å². The summed E-state index contributed by atoms with van der Waals surface area (Å²) in [6.07, 6.45) is 3.68. The molecular weight excluding hydrogens is 394 g/mol. The summed E-state index contributed by atoms with van der Waals surface area (Å²) in [5.74, 6) is 0.282. The molecule has 7 nitrogen and oxygen atoms in total. The molecule has 0 fully saturated rings. The maximum atomic E-state index is 12.2. The van der Waals surface area contributed by atoms with Crippen LogP contribution in [0.25, 0.3) is 6.08 Å². The highest BCUT2D eigenvalue weighted by atomic mass is 32.1. The molecule has 0 unspecified atom stereocenters. The Hall–Kier alpha value is -3.13. The van der Waals surface area contributed by atoms with Crippen molar-refractivity contribution in [1.82, 2.24) is 5.32 Å². The number of rotatable bonds is 7. The van der Waals surface area contributed by atoms with Crippen LogP contribution < -0.4 is 14.8 Å². The van der Waals surface area contributed by atoms with E-state index in [1.807, 2.05) is 6.07 Å². The Morgan fingerprint density at radius 1 is 1.14 bits per heavy atom. The number of hydrogen-bond acceptors (Lipinski definition) is 7. The Morgan fingerprint density at radius 3 is 2.72 bits per heavy atom. The summed E-state index contributed by atoms with van der Waals surface area (Å²) in [5.41, 5.74) is 0.762. The lowest BCUT2D eigenvalue weighted by Gasteiger charge is -2.07. The highest BCUT2D eigenvalue weighted by Crippen LogP contribution is 2.30. The van der Waals surface area contributed by atoms with Gasteiger partial charge in [0.2, 0.25) is 11.7 Å². The van der Waals surface area contributed by atoms with Gasteiger partial charge >= 0.3 is 5.97 Å². The smallest absolute Gasteiger partial charge is 0.331 e. The van der Waals surface area contributed by atoms with Gasteiger partial charge in [-0.3, -0.25) is 9.59 Å². The molecule has 0 aliphatic carbocycles. The molecule has 0 spiro atoms. The fraction of sp³-hybridized carbons (Fsp3) is 0.286. The normalized spacial score (nSPS) is 13.0. The second kappa shape index (κ2) is 9.88. The summed E-state index contributed by atoms with van der Waals surface area (Å²) in [7, 11) is 0. The third-order valence-corrected chi connectivity index (χ3v) is 5.10. The lowest BCUT2D eigenvalue weighted by atomic mass is 10.2. The van der Waals surface area contributed by atoms with E-state index in [0.29, 0.717) is 36.1 Å². The molecule has 1 amide bonds. The molecule has 8 heteroatoms. The fourth-order valence-electron chi connectivity index (χ4n) is 2.54. The average molecular weight is 415 g/mol. The molecule has 29 heavy (non-hydrogen) atoms. The topological polar surface area (TPSA) is 90.9 Å². The van der Waals surface area contributed by atoms with E-state index < -0.39 is 5.97 Å². The zero-order valence-electron chi connectivity index (χ0n) is 15.9. The van der Waals surface area contributed by atoms with Crippen molar-refractivity contribution in [2.75, 3.05) is 19.8 Å². The highest BCUT2D eigenvalue weighted by molar-refractivity contribution is 7.14. The zero-order chi connectivity index (χ0) is 20.6. The van der Waals surface area contributed by atoms with Gasteiger partial charge in [-0.2, -0.15) is 0 Å². The van der Waals surface area contributed by atoms with E-state index in [0.717, 1.165) is 16.9 Å². The van der Waals surface area contributed by atoms with Gasteiger partial charge < -0.3 is 19.5 Å². The first-order chi connectivity index (χ1) is 14.0. The molecule has 2 aromatic rings. The maximum absolute atomic E-state index is 12.2. The van der Waals surface area contributed by atoms with Crippen molar-refractivity contribution in [2.24, 2.45) is 0 Å². The van der Waals surface area contributed by atoms with Gasteiger partial charge in [-0.1, -0.05) is 6.07 Å². The van der Waals surface area contributed by atoms with Gasteiger partial charge in [-0.15, -0.1) is 11.3 Å². The molecule has 2 heterocycles. The Labute approximate surface area is 172 Å². The van der Waals surface area contributed by atoms with Crippen LogP contribution >= 0.6 is 11.3 Å². The first kappa shape index (κ1) is 20.6. The number of Topliss-reactive ketones (excluding diaryl/α,β-unsaturated/α-hetero) is 1. The lowest BCUT2D eigenvalue weighted by Crippen LogP contribution is -2.18. The molecule has 1 aliphatic rings. The van der Waals surface area contributed by atoms with Gasteiger partial charge in [0.15, 0.2) is 18.1 Å². The number of nitrogens with one attached hydrogen (secondary N) is 1. The van der Waals surface area contributed by atoms with Crippen LogP contribution in [0.15, 0.2) is 36.4 Å². The minimum atomic E-state index is -0.611. The predicted octanol–water partition coefficient (Wildman–Crippen LogP) is 2.98. The van der Waals surface area contributed by atoms with E-state index in [2.05, 4.69) is 5.32 Å². The Balaban J connectivity index is 1.50. The van der Waals surface area contributed by atoms with E-state index in [9.17, 15) is 14.4 Å². The first-order valence-corrected chi connectivity index (χ1v) is 9.94. The summed E-state index contributed by atoms with van der Waals surface area (Å²) in [4.78, 5) is 36.3. The molecule has 1 aliphatic heterocycles. The molecule has 0 saturated carbocycles. The van der Waals surface area contributed by atoms with Crippen LogP contribution in [0.5, 0.6) is 11.5 Å². The molecule has 0 bridgehead atoms. The standard InChI is InChI=1S/C21H21NO6S/c1-14(23)22-12-16-5-7-20(29-16)17(24)13-28-21(25)8-4-15-3-6-18-19(11-15)27-10-2-9-26-18/h3-8,11H,2,9-10,12-13H2,1H3,(H,22,23)/b8-4+. The quantitative estimate of drug-likeness (QED) is 0.425. The molecular formula is C21H21NO6S. The number of ketones is 1. The first-order valence-electron chi connectivity index (χ1n) is 9.12. The monoisotopic (exact) mass is 415 g/mol. The van der Waals surface area contributed by atoms with Gasteiger partial charge in [0.25, 0.3) is 0 Å². The van der Waals surface area contributed by atoms with Crippen LogP contribution in [0.4, 0.5) is 0 Å². The summed E-state index contributed by atoms with van der Waals surface area (Å²) < 4.78 is 16.2. The Morgan fingerprint density at radius 2 is 1.93 bits per heavy atom. The number of benzene rings is 1. The molecule has 1 N–H and O–H groups in total. The molecule has 1 aromatic carbocycles. The number of hydrogen-bond donors (Lipinski definition) is 1. The SMILES string of the molecule is CC(=O)NCc1ccc(C(=O)COC(=O)/C=C/c2ccc3c(c2)OCCCO3)s1. The Bertz CT molecular complexity index is 933. The third kappa shape index (κ3) is 6.18. The summed E-state index contributed by atoms with van der Waals surface area (Å²) in [5, 5.41) is 2.67. The number of amides is 1. The third-order valence-electron chi connectivity index (χ3n) is 3.98. The molecule has 0 radical (unpaired) electrons. The molecule has 152 valence electrons. The number of carbonyl (C=O) groups is 3. The second-order valence-electron chi connectivity index (χ2n) is 6.30. The van der Waals surface area contributed by atoms with Crippen molar-refractivity contribution >= 4 is 35.1 Å². The molecule has 1 aromatic heterocycles. The number of ether oxygens (including phenoxy) is 3. The minimum absolute atomic E-state index is 0.138. The van der Waals surface area contributed by atoms with Gasteiger partial charge in [0.1, 0.15) is 0 Å². The van der Waals surface area contributed by atoms with E-state index in [4.69, 9.17) is 14.2 Å². The van der Waals surface area contributed by atoms with Crippen LogP contribution in [-0.4, -0.2) is 37.5 Å². The van der Waals surface area contributed by atoms with Gasteiger partial charge in [-0.05, 0) is 35.9 Å². The summed E-state index contributed by atoms with van der Waals surface area (Å²) in [6.45, 7) is 2.65. The van der Waals surface area contributed by atoms with Crippen LogP contribution in [0.2, 0.25) is 0 Å². The van der Waals surface area contributed by atoms with Crippen molar-refractivity contribution in [2.45, 2.75) is 19.9 Å². The van der Waals surface area contributed by atoms with Gasteiger partial charge in [0, 0.05) is 24.3 Å². The fourth-order valence-corrected chi connectivity index (χ4v) is 3.41. The highest BCUT2D eigenvalue weighted by Gasteiger charge is 2.12. The van der Waals surface area contributed by atoms with Crippen molar-refractivity contribution in [1.29, 1.82) is 0 Å². The predicted molar refractivity (Wildman–Crippen MR) is 108 cm³/mol. The van der Waals surface area contributed by atoms with E-state index in [1.165, 1.54) is 24.3 Å². The summed E-state index contributed by atoms with van der Waals surface area (Å²) in [6, 6.07) is 8.82. The molecule has 3 rings (SSSR count).